The predicted octanol–water partition coefficient (Wildman–Crippen LogP) is 2.77. The molecule has 1 heterocycles. The largest absolute Gasteiger partial charge is 0.431 e. The molecule has 1 N–H and O–H groups in total. The van der Waals surface area contributed by atoms with Crippen molar-refractivity contribution in [3.63, 3.8) is 0 Å². The van der Waals surface area contributed by atoms with Crippen LogP contribution in [0.3, 0.4) is 0 Å². The molecular formula is C13H8F3N3O2S. The molecule has 2 aromatic rings. The van der Waals surface area contributed by atoms with E-state index in [4.69, 9.17) is 5.26 Å². The number of H-pyrrole nitrogens is 1. The molecule has 0 spiro atoms. The Labute approximate surface area is 126 Å². The molecule has 22 heavy (non-hydrogen) atoms. The number of nitriles is 1. The van der Waals surface area contributed by atoms with Crippen molar-refractivity contribution in [2.24, 2.45) is 0 Å². The number of hydrogen-bond donors (Lipinski definition) is 1. The van der Waals surface area contributed by atoms with Gasteiger partial charge in [0.1, 0.15) is 17.3 Å². The van der Waals surface area contributed by atoms with Gasteiger partial charge in [-0.05, 0) is 18.4 Å². The van der Waals surface area contributed by atoms with Gasteiger partial charge in [0.05, 0.1) is 0 Å². The third kappa shape index (κ3) is 3.07. The maximum atomic E-state index is 13.8. The first-order valence-corrected chi connectivity index (χ1v) is 7.02. The first-order valence-electron chi connectivity index (χ1n) is 5.80. The van der Waals surface area contributed by atoms with Crippen LogP contribution in [0.5, 0.6) is 5.75 Å². The van der Waals surface area contributed by atoms with Crippen molar-refractivity contribution in [2.75, 3.05) is 6.26 Å². The summed E-state index contributed by atoms with van der Waals surface area (Å²) in [6.07, 6.45) is 1.62. The number of ether oxygens (including phenoxy) is 1. The van der Waals surface area contributed by atoms with Crippen molar-refractivity contribution in [1.82, 2.24) is 9.97 Å². The Balaban J connectivity index is 2.77. The molecule has 0 saturated carbocycles. The molecule has 0 unspecified atom stereocenters. The van der Waals surface area contributed by atoms with E-state index < -0.39 is 29.3 Å². The van der Waals surface area contributed by atoms with Gasteiger partial charge in [-0.15, -0.1) is 0 Å². The monoisotopic (exact) mass is 327 g/mol. The molecule has 0 bridgehead atoms. The van der Waals surface area contributed by atoms with Gasteiger partial charge in [-0.1, -0.05) is 17.8 Å². The lowest BCUT2D eigenvalue weighted by atomic mass is 10.1. The van der Waals surface area contributed by atoms with E-state index in [2.05, 4.69) is 14.7 Å². The van der Waals surface area contributed by atoms with Crippen LogP contribution in [0, 0.1) is 17.1 Å². The van der Waals surface area contributed by atoms with E-state index in [0.29, 0.717) is 0 Å². The summed E-state index contributed by atoms with van der Waals surface area (Å²) >= 11 is 1.08. The summed E-state index contributed by atoms with van der Waals surface area (Å²) in [5, 5.41) is 9.23. The predicted molar refractivity (Wildman–Crippen MR) is 73.4 cm³/mol. The van der Waals surface area contributed by atoms with Crippen LogP contribution >= 0.6 is 11.8 Å². The number of aromatic amines is 1. The molecule has 9 heteroatoms. The number of nitrogens with zero attached hydrogens (tertiary/aromatic N) is 2. The Bertz CT molecular complexity index is 802. The topological polar surface area (TPSA) is 78.8 Å². The van der Waals surface area contributed by atoms with Crippen LogP contribution in [0.2, 0.25) is 0 Å². The first kappa shape index (κ1) is 15.9. The van der Waals surface area contributed by atoms with Crippen molar-refractivity contribution in [3.05, 3.63) is 39.9 Å². The SMILES string of the molecule is CSc1nc(-c2cccc(F)c2OC(F)F)c(C#N)c(=O)[nH]1. The van der Waals surface area contributed by atoms with Crippen LogP contribution in [0.15, 0.2) is 28.2 Å². The normalized spacial score (nSPS) is 10.5. The van der Waals surface area contributed by atoms with E-state index in [1.165, 1.54) is 12.1 Å². The Kier molecular flexibility index (Phi) is 4.72. The van der Waals surface area contributed by atoms with Gasteiger partial charge in [-0.3, -0.25) is 4.79 Å². The number of benzene rings is 1. The summed E-state index contributed by atoms with van der Waals surface area (Å²) in [4.78, 5) is 18.2. The molecule has 0 aliphatic rings. The second-order valence-corrected chi connectivity index (χ2v) is 4.70. The number of rotatable bonds is 4. The van der Waals surface area contributed by atoms with Crippen LogP contribution in [0.25, 0.3) is 11.3 Å². The molecule has 0 aliphatic heterocycles. The molecule has 1 aromatic carbocycles. The zero-order valence-corrected chi connectivity index (χ0v) is 11.9. The van der Waals surface area contributed by atoms with Crippen molar-refractivity contribution in [3.8, 4) is 23.1 Å². The third-order valence-corrected chi connectivity index (χ3v) is 3.21. The van der Waals surface area contributed by atoms with E-state index in [1.54, 1.807) is 12.3 Å². The number of para-hydroxylation sites is 1. The summed E-state index contributed by atoms with van der Waals surface area (Å²) in [6, 6.07) is 5.04. The summed E-state index contributed by atoms with van der Waals surface area (Å²) in [7, 11) is 0. The van der Waals surface area contributed by atoms with Gasteiger partial charge in [0, 0.05) is 5.56 Å². The number of halogens is 3. The van der Waals surface area contributed by atoms with E-state index in [9.17, 15) is 18.0 Å². The van der Waals surface area contributed by atoms with Crippen molar-refractivity contribution in [2.45, 2.75) is 11.8 Å². The Morgan fingerprint density at radius 3 is 2.77 bits per heavy atom. The van der Waals surface area contributed by atoms with Gasteiger partial charge < -0.3 is 9.72 Å². The number of alkyl halides is 2. The lowest BCUT2D eigenvalue weighted by Gasteiger charge is -2.12. The van der Waals surface area contributed by atoms with Gasteiger partial charge >= 0.3 is 6.61 Å². The summed E-state index contributed by atoms with van der Waals surface area (Å²) in [5.74, 6) is -1.81. The summed E-state index contributed by atoms with van der Waals surface area (Å²) < 4.78 is 42.8. The third-order valence-electron chi connectivity index (χ3n) is 2.63. The fourth-order valence-corrected chi connectivity index (χ4v) is 2.13. The van der Waals surface area contributed by atoms with E-state index in [0.717, 1.165) is 17.8 Å². The molecule has 0 fully saturated rings. The van der Waals surface area contributed by atoms with Crippen molar-refractivity contribution >= 4 is 11.8 Å². The quantitative estimate of drug-likeness (QED) is 0.690. The van der Waals surface area contributed by atoms with Gasteiger partial charge in [0.2, 0.25) is 0 Å². The highest BCUT2D eigenvalue weighted by molar-refractivity contribution is 7.98. The number of thioether (sulfide) groups is 1. The Hall–Kier alpha value is -2.47. The second kappa shape index (κ2) is 6.53. The van der Waals surface area contributed by atoms with Crippen molar-refractivity contribution in [1.29, 1.82) is 5.26 Å². The van der Waals surface area contributed by atoms with Crippen molar-refractivity contribution < 1.29 is 17.9 Å². The lowest BCUT2D eigenvalue weighted by molar-refractivity contribution is -0.0517. The number of nitrogens with one attached hydrogen (secondary N) is 1. The molecular weight excluding hydrogens is 319 g/mol. The van der Waals surface area contributed by atoms with Crippen LogP contribution in [-0.2, 0) is 0 Å². The number of aromatic nitrogens is 2. The highest BCUT2D eigenvalue weighted by Crippen LogP contribution is 2.33. The van der Waals surface area contributed by atoms with E-state index >= 15 is 0 Å². The molecule has 0 atom stereocenters. The molecule has 0 radical (unpaired) electrons. The average molecular weight is 327 g/mol. The minimum Gasteiger partial charge on any atom is -0.431 e. The van der Waals surface area contributed by atoms with Crippen LogP contribution in [0.1, 0.15) is 5.56 Å². The molecule has 1 aromatic heterocycles. The smallest absolute Gasteiger partial charge is 0.387 e. The molecule has 0 saturated heterocycles. The fraction of sp³-hybridized carbons (Fsp3) is 0.154. The first-order chi connectivity index (χ1) is 10.5. The maximum Gasteiger partial charge on any atom is 0.387 e. The number of hydrogen-bond acceptors (Lipinski definition) is 5. The van der Waals surface area contributed by atoms with E-state index in [1.807, 2.05) is 0 Å². The van der Waals surface area contributed by atoms with Gasteiger partial charge in [0.15, 0.2) is 16.7 Å². The molecule has 0 aliphatic carbocycles. The van der Waals surface area contributed by atoms with Gasteiger partial charge in [-0.2, -0.15) is 14.0 Å². The highest BCUT2D eigenvalue weighted by atomic mass is 32.2. The lowest BCUT2D eigenvalue weighted by Crippen LogP contribution is -2.15. The molecule has 2 rings (SSSR count). The molecule has 5 nitrogen and oxygen atoms in total. The highest BCUT2D eigenvalue weighted by Gasteiger charge is 2.21. The minimum atomic E-state index is -3.26. The average Bonchev–Trinajstić information content (AvgIpc) is 2.48. The van der Waals surface area contributed by atoms with Gasteiger partial charge in [-0.25, -0.2) is 9.37 Å². The van der Waals surface area contributed by atoms with Crippen LogP contribution in [-0.4, -0.2) is 22.8 Å². The standard InChI is InChI=1S/C13H8F3N3O2S/c1-22-13-18-9(7(5-17)11(20)19-13)6-3-2-4-8(14)10(6)21-12(15)16/h2-4,12H,1H3,(H,18,19,20). The second-order valence-electron chi connectivity index (χ2n) is 3.91. The van der Waals surface area contributed by atoms with Crippen LogP contribution in [0.4, 0.5) is 13.2 Å². The molecule has 0 amide bonds. The summed E-state index contributed by atoms with van der Waals surface area (Å²) in [5.41, 5.74) is -1.57. The zero-order valence-electron chi connectivity index (χ0n) is 11.1. The Morgan fingerprint density at radius 2 is 2.18 bits per heavy atom. The minimum absolute atomic E-state index is 0.159. The maximum absolute atomic E-state index is 13.8. The van der Waals surface area contributed by atoms with Gasteiger partial charge in [0.25, 0.3) is 5.56 Å². The summed E-state index contributed by atoms with van der Waals surface area (Å²) in [6.45, 7) is -3.26. The molecule has 114 valence electrons. The van der Waals surface area contributed by atoms with E-state index in [-0.39, 0.29) is 16.4 Å². The fourth-order valence-electron chi connectivity index (χ4n) is 1.75. The Morgan fingerprint density at radius 1 is 1.45 bits per heavy atom. The van der Waals surface area contributed by atoms with Crippen LogP contribution < -0.4 is 10.3 Å². The zero-order chi connectivity index (χ0) is 16.3.